The van der Waals surface area contributed by atoms with Crippen LogP contribution in [0.2, 0.25) is 5.02 Å². The lowest BCUT2D eigenvalue weighted by atomic mass is 10.0. The van der Waals surface area contributed by atoms with Crippen molar-refractivity contribution in [2.75, 3.05) is 29.9 Å². The number of carbonyl (C=O) groups excluding carboxylic acids is 1. The van der Waals surface area contributed by atoms with E-state index in [2.05, 4.69) is 41.4 Å². The largest absolute Gasteiger partial charge is 0.324 e. The number of thioether (sulfide) groups is 1. The fourth-order valence-corrected chi connectivity index (χ4v) is 4.26. The zero-order valence-electron chi connectivity index (χ0n) is 14.0. The van der Waals surface area contributed by atoms with Crippen molar-refractivity contribution in [2.45, 2.75) is 13.0 Å². The van der Waals surface area contributed by atoms with E-state index in [-0.39, 0.29) is 23.5 Å². The van der Waals surface area contributed by atoms with Crippen LogP contribution in [0.25, 0.3) is 0 Å². The summed E-state index contributed by atoms with van der Waals surface area (Å²) in [6.07, 6.45) is 0. The van der Waals surface area contributed by atoms with Gasteiger partial charge in [0.05, 0.1) is 17.3 Å². The number of hydrogen-bond donors (Lipinski definition) is 1. The molecule has 3 rings (SSSR count). The standard InChI is InChI=1S/C19H20ClFN2OS/c1-13-2-4-14(5-3-13)18-12-25-9-8-23(18)11-19(24)22-17-7-6-15(21)10-16(17)20/h2-7,10,18H,8-9,11-12H2,1H3,(H,22,24). The number of aryl methyl sites for hydroxylation is 1. The second kappa shape index (κ2) is 8.21. The first-order valence-corrected chi connectivity index (χ1v) is 9.69. The van der Waals surface area contributed by atoms with Gasteiger partial charge in [0.25, 0.3) is 0 Å². The van der Waals surface area contributed by atoms with Gasteiger partial charge in [-0.15, -0.1) is 0 Å². The minimum absolute atomic E-state index is 0.141. The van der Waals surface area contributed by atoms with Crippen LogP contribution in [0.1, 0.15) is 17.2 Å². The summed E-state index contributed by atoms with van der Waals surface area (Å²) in [6.45, 7) is 3.21. The highest BCUT2D eigenvalue weighted by Gasteiger charge is 2.26. The van der Waals surface area contributed by atoms with Crippen molar-refractivity contribution in [2.24, 2.45) is 0 Å². The number of nitrogens with one attached hydrogen (secondary N) is 1. The zero-order chi connectivity index (χ0) is 17.8. The number of nitrogens with zero attached hydrogens (tertiary/aromatic N) is 1. The van der Waals surface area contributed by atoms with Gasteiger partial charge in [0.2, 0.25) is 5.91 Å². The molecule has 1 saturated heterocycles. The Balaban J connectivity index is 1.68. The van der Waals surface area contributed by atoms with E-state index < -0.39 is 5.82 Å². The molecular formula is C19H20ClFN2OS. The minimum Gasteiger partial charge on any atom is -0.324 e. The van der Waals surface area contributed by atoms with E-state index in [0.717, 1.165) is 18.1 Å². The molecule has 1 atom stereocenters. The average molecular weight is 379 g/mol. The lowest BCUT2D eigenvalue weighted by Crippen LogP contribution is -2.41. The third-order valence-electron chi connectivity index (χ3n) is 4.25. The van der Waals surface area contributed by atoms with Crippen molar-refractivity contribution in [3.05, 3.63) is 64.4 Å². The Hall–Kier alpha value is -1.56. The SMILES string of the molecule is Cc1ccc(C2CSCCN2CC(=O)Nc2ccc(F)cc2Cl)cc1. The van der Waals surface area contributed by atoms with Crippen LogP contribution in [-0.4, -0.2) is 35.4 Å². The van der Waals surface area contributed by atoms with E-state index >= 15 is 0 Å². The van der Waals surface area contributed by atoms with Crippen molar-refractivity contribution in [1.82, 2.24) is 4.90 Å². The smallest absolute Gasteiger partial charge is 0.238 e. The van der Waals surface area contributed by atoms with Gasteiger partial charge in [0, 0.05) is 24.1 Å². The van der Waals surface area contributed by atoms with E-state index in [1.807, 2.05) is 11.8 Å². The van der Waals surface area contributed by atoms with E-state index in [9.17, 15) is 9.18 Å². The highest BCUT2D eigenvalue weighted by Crippen LogP contribution is 2.30. The molecule has 0 bridgehead atoms. The number of anilines is 1. The fraction of sp³-hybridized carbons (Fsp3) is 0.316. The molecule has 1 fully saturated rings. The summed E-state index contributed by atoms with van der Waals surface area (Å²) in [7, 11) is 0. The van der Waals surface area contributed by atoms with Gasteiger partial charge in [-0.05, 0) is 30.7 Å². The van der Waals surface area contributed by atoms with Crippen LogP contribution in [0, 0.1) is 12.7 Å². The molecule has 1 unspecified atom stereocenters. The Bertz CT molecular complexity index is 754. The number of benzene rings is 2. The average Bonchev–Trinajstić information content (AvgIpc) is 2.59. The Kier molecular flexibility index (Phi) is 5.99. The minimum atomic E-state index is -0.421. The highest BCUT2D eigenvalue weighted by molar-refractivity contribution is 7.99. The molecule has 6 heteroatoms. The van der Waals surface area contributed by atoms with E-state index in [1.165, 1.54) is 29.3 Å². The summed E-state index contributed by atoms with van der Waals surface area (Å²) in [5.41, 5.74) is 2.89. The number of carbonyl (C=O) groups is 1. The van der Waals surface area contributed by atoms with Crippen LogP contribution >= 0.6 is 23.4 Å². The van der Waals surface area contributed by atoms with Crippen LogP contribution < -0.4 is 5.32 Å². The van der Waals surface area contributed by atoms with Crippen molar-refractivity contribution >= 4 is 35.0 Å². The van der Waals surface area contributed by atoms with Crippen molar-refractivity contribution in [3.8, 4) is 0 Å². The molecule has 0 spiro atoms. The second-order valence-corrected chi connectivity index (χ2v) is 7.70. The maximum atomic E-state index is 13.1. The quantitative estimate of drug-likeness (QED) is 0.849. The predicted molar refractivity (Wildman–Crippen MR) is 103 cm³/mol. The number of amides is 1. The molecule has 0 aromatic heterocycles. The van der Waals surface area contributed by atoms with Crippen molar-refractivity contribution in [3.63, 3.8) is 0 Å². The molecule has 0 saturated carbocycles. The summed E-state index contributed by atoms with van der Waals surface area (Å²) in [6, 6.07) is 12.7. The van der Waals surface area contributed by atoms with Gasteiger partial charge in [0.1, 0.15) is 5.82 Å². The van der Waals surface area contributed by atoms with Gasteiger partial charge >= 0.3 is 0 Å². The summed E-state index contributed by atoms with van der Waals surface area (Å²) in [5, 5.41) is 2.99. The monoisotopic (exact) mass is 378 g/mol. The third kappa shape index (κ3) is 4.75. The molecule has 1 heterocycles. The van der Waals surface area contributed by atoms with Gasteiger partial charge < -0.3 is 5.32 Å². The molecule has 132 valence electrons. The van der Waals surface area contributed by atoms with Crippen LogP contribution in [0.3, 0.4) is 0 Å². The molecule has 25 heavy (non-hydrogen) atoms. The van der Waals surface area contributed by atoms with Gasteiger partial charge in [0.15, 0.2) is 0 Å². The zero-order valence-corrected chi connectivity index (χ0v) is 15.5. The molecule has 1 N–H and O–H groups in total. The Morgan fingerprint density at radius 2 is 2.08 bits per heavy atom. The molecule has 0 radical (unpaired) electrons. The van der Waals surface area contributed by atoms with E-state index in [1.54, 1.807) is 0 Å². The van der Waals surface area contributed by atoms with Crippen LogP contribution in [0.15, 0.2) is 42.5 Å². The highest BCUT2D eigenvalue weighted by atomic mass is 35.5. The van der Waals surface area contributed by atoms with E-state index in [0.29, 0.717) is 5.69 Å². The number of hydrogen-bond acceptors (Lipinski definition) is 3. The lowest BCUT2D eigenvalue weighted by molar-refractivity contribution is -0.117. The Morgan fingerprint density at radius 3 is 2.80 bits per heavy atom. The van der Waals surface area contributed by atoms with Gasteiger partial charge in [-0.2, -0.15) is 11.8 Å². The molecule has 2 aromatic carbocycles. The summed E-state index contributed by atoms with van der Waals surface area (Å²) in [4.78, 5) is 14.6. The molecule has 1 aliphatic rings. The lowest BCUT2D eigenvalue weighted by Gasteiger charge is -2.35. The van der Waals surface area contributed by atoms with Crippen LogP contribution in [-0.2, 0) is 4.79 Å². The second-order valence-electron chi connectivity index (χ2n) is 6.14. The first kappa shape index (κ1) is 18.2. The first-order valence-electron chi connectivity index (χ1n) is 8.16. The predicted octanol–water partition coefficient (Wildman–Crippen LogP) is 4.52. The van der Waals surface area contributed by atoms with Gasteiger partial charge in [-0.1, -0.05) is 41.4 Å². The van der Waals surface area contributed by atoms with Crippen molar-refractivity contribution < 1.29 is 9.18 Å². The Morgan fingerprint density at radius 1 is 1.32 bits per heavy atom. The van der Waals surface area contributed by atoms with Crippen LogP contribution in [0.4, 0.5) is 10.1 Å². The molecule has 1 aliphatic heterocycles. The fourth-order valence-electron chi connectivity index (χ4n) is 2.89. The third-order valence-corrected chi connectivity index (χ3v) is 5.59. The molecule has 0 aliphatic carbocycles. The van der Waals surface area contributed by atoms with Crippen LogP contribution in [0.5, 0.6) is 0 Å². The molecule has 2 aromatic rings. The number of rotatable bonds is 4. The maximum Gasteiger partial charge on any atom is 0.238 e. The molecular weight excluding hydrogens is 359 g/mol. The van der Waals surface area contributed by atoms with Gasteiger partial charge in [-0.25, -0.2) is 4.39 Å². The first-order chi connectivity index (χ1) is 12.0. The number of halogens is 2. The summed E-state index contributed by atoms with van der Waals surface area (Å²) >= 11 is 7.89. The van der Waals surface area contributed by atoms with Crippen molar-refractivity contribution in [1.29, 1.82) is 0 Å². The maximum absolute atomic E-state index is 13.1. The van der Waals surface area contributed by atoms with Gasteiger partial charge in [-0.3, -0.25) is 9.69 Å². The summed E-state index contributed by atoms with van der Waals surface area (Å²) in [5.74, 6) is 1.41. The topological polar surface area (TPSA) is 32.3 Å². The summed E-state index contributed by atoms with van der Waals surface area (Å²) < 4.78 is 13.1. The Labute approximate surface area is 156 Å². The normalized spacial score (nSPS) is 18.1. The van der Waals surface area contributed by atoms with E-state index in [4.69, 9.17) is 11.6 Å². The molecule has 3 nitrogen and oxygen atoms in total. The molecule has 1 amide bonds.